The van der Waals surface area contributed by atoms with Gasteiger partial charge in [-0.15, -0.1) is 0 Å². The lowest BCUT2D eigenvalue weighted by molar-refractivity contribution is -0.134. The van der Waals surface area contributed by atoms with Gasteiger partial charge in [-0.05, 0) is 31.9 Å². The van der Waals surface area contributed by atoms with Crippen molar-refractivity contribution in [1.29, 1.82) is 0 Å². The van der Waals surface area contributed by atoms with Gasteiger partial charge in [0.05, 0.1) is 19.4 Å². The predicted octanol–water partition coefficient (Wildman–Crippen LogP) is 1.62. The van der Waals surface area contributed by atoms with Gasteiger partial charge in [-0.2, -0.15) is 0 Å². The summed E-state index contributed by atoms with van der Waals surface area (Å²) in [5.74, 6) is 0.644. The lowest BCUT2D eigenvalue weighted by Gasteiger charge is -2.28. The molecule has 1 aliphatic carbocycles. The molecule has 6 nitrogen and oxygen atoms in total. The Hall–Kier alpha value is -1.82. The molecule has 1 N–H and O–H groups in total. The molecule has 1 fully saturated rings. The van der Waals surface area contributed by atoms with E-state index in [2.05, 4.69) is 10.2 Å². The van der Waals surface area contributed by atoms with Crippen LogP contribution in [0.5, 0.6) is 0 Å². The molecule has 0 bridgehead atoms. The number of hydrogen-bond acceptors (Lipinski definition) is 4. The summed E-state index contributed by atoms with van der Waals surface area (Å²) in [6.45, 7) is 2.63. The summed E-state index contributed by atoms with van der Waals surface area (Å²) < 4.78 is 5.42. The number of carbonyl (C=O) groups excluding carboxylic acids is 2. The molecule has 0 spiro atoms. The van der Waals surface area contributed by atoms with Crippen molar-refractivity contribution < 1.29 is 14.0 Å². The Bertz CT molecular complexity index is 507. The fourth-order valence-corrected chi connectivity index (χ4v) is 3.11. The molecule has 1 unspecified atom stereocenters. The zero-order chi connectivity index (χ0) is 16.8. The SMILES string of the molecule is CC(NC(=O)CN(Cc1ccco1)C1CCCC1)C(=O)N(C)C. The van der Waals surface area contributed by atoms with Crippen LogP contribution in [0.1, 0.15) is 38.4 Å². The molecule has 1 heterocycles. The van der Waals surface area contributed by atoms with Crippen LogP contribution in [0, 0.1) is 0 Å². The molecule has 1 aliphatic rings. The Morgan fingerprint density at radius 3 is 2.61 bits per heavy atom. The molecule has 0 saturated heterocycles. The summed E-state index contributed by atoms with van der Waals surface area (Å²) in [5, 5.41) is 2.79. The topological polar surface area (TPSA) is 65.8 Å². The summed E-state index contributed by atoms with van der Waals surface area (Å²) in [5.41, 5.74) is 0. The van der Waals surface area contributed by atoms with Gasteiger partial charge in [0.2, 0.25) is 11.8 Å². The maximum absolute atomic E-state index is 12.3. The van der Waals surface area contributed by atoms with Gasteiger partial charge in [0.15, 0.2) is 0 Å². The largest absolute Gasteiger partial charge is 0.468 e. The molecule has 23 heavy (non-hydrogen) atoms. The Labute approximate surface area is 137 Å². The van der Waals surface area contributed by atoms with Crippen molar-refractivity contribution in [2.45, 2.75) is 51.2 Å². The standard InChI is InChI=1S/C17H27N3O3/c1-13(17(22)19(2)3)18-16(21)12-20(14-7-4-5-8-14)11-15-9-6-10-23-15/h6,9-10,13-14H,4-5,7-8,11-12H2,1-3H3,(H,18,21). The van der Waals surface area contributed by atoms with Gasteiger partial charge >= 0.3 is 0 Å². The maximum Gasteiger partial charge on any atom is 0.244 e. The van der Waals surface area contributed by atoms with Crippen molar-refractivity contribution in [2.24, 2.45) is 0 Å². The van der Waals surface area contributed by atoms with Gasteiger partial charge in [0.25, 0.3) is 0 Å². The molecule has 128 valence electrons. The summed E-state index contributed by atoms with van der Waals surface area (Å²) in [7, 11) is 3.37. The van der Waals surface area contributed by atoms with E-state index in [-0.39, 0.29) is 18.4 Å². The van der Waals surface area contributed by atoms with E-state index in [9.17, 15) is 9.59 Å². The van der Waals surface area contributed by atoms with Gasteiger partial charge in [0, 0.05) is 20.1 Å². The molecule has 1 saturated carbocycles. The molecular weight excluding hydrogens is 294 g/mol. The molecule has 0 aromatic carbocycles. The minimum absolute atomic E-state index is 0.100. The van der Waals surface area contributed by atoms with Crippen LogP contribution in [0.25, 0.3) is 0 Å². The van der Waals surface area contributed by atoms with Crippen LogP contribution in [-0.4, -0.2) is 54.3 Å². The monoisotopic (exact) mass is 321 g/mol. The molecule has 6 heteroatoms. The summed E-state index contributed by atoms with van der Waals surface area (Å²) in [6, 6.07) is 3.69. The Morgan fingerprint density at radius 1 is 1.35 bits per heavy atom. The minimum Gasteiger partial charge on any atom is -0.468 e. The van der Waals surface area contributed by atoms with Crippen LogP contribution < -0.4 is 5.32 Å². The smallest absolute Gasteiger partial charge is 0.244 e. The number of amides is 2. The van der Waals surface area contributed by atoms with E-state index in [0.717, 1.165) is 18.6 Å². The van der Waals surface area contributed by atoms with E-state index in [1.807, 2.05) is 12.1 Å². The highest BCUT2D eigenvalue weighted by atomic mass is 16.3. The predicted molar refractivity (Wildman–Crippen MR) is 87.7 cm³/mol. The second-order valence-corrected chi connectivity index (χ2v) is 6.44. The first-order valence-corrected chi connectivity index (χ1v) is 8.24. The fraction of sp³-hybridized carbons (Fsp3) is 0.647. The molecule has 1 aromatic heterocycles. The fourth-order valence-electron chi connectivity index (χ4n) is 3.11. The van der Waals surface area contributed by atoms with Crippen LogP contribution >= 0.6 is 0 Å². The molecule has 0 radical (unpaired) electrons. The average molecular weight is 321 g/mol. The third-order valence-corrected chi connectivity index (χ3v) is 4.32. The number of nitrogens with zero attached hydrogens (tertiary/aromatic N) is 2. The van der Waals surface area contributed by atoms with E-state index < -0.39 is 6.04 Å². The Morgan fingerprint density at radius 2 is 2.04 bits per heavy atom. The number of nitrogens with one attached hydrogen (secondary N) is 1. The number of rotatable bonds is 7. The third kappa shape index (κ3) is 5.10. The van der Waals surface area contributed by atoms with Crippen molar-refractivity contribution in [1.82, 2.24) is 15.1 Å². The van der Waals surface area contributed by atoms with E-state index in [1.54, 1.807) is 27.3 Å². The van der Waals surface area contributed by atoms with E-state index in [1.165, 1.54) is 17.7 Å². The lowest BCUT2D eigenvalue weighted by Crippen LogP contribution is -2.48. The molecular formula is C17H27N3O3. The van der Waals surface area contributed by atoms with Gasteiger partial charge in [0.1, 0.15) is 11.8 Å². The van der Waals surface area contributed by atoms with Crippen molar-refractivity contribution in [2.75, 3.05) is 20.6 Å². The normalized spacial score (nSPS) is 16.5. The molecule has 1 aromatic rings. The number of hydrogen-bond donors (Lipinski definition) is 1. The van der Waals surface area contributed by atoms with E-state index in [0.29, 0.717) is 12.6 Å². The highest BCUT2D eigenvalue weighted by molar-refractivity contribution is 5.87. The van der Waals surface area contributed by atoms with Crippen molar-refractivity contribution in [3.63, 3.8) is 0 Å². The van der Waals surface area contributed by atoms with Crippen molar-refractivity contribution >= 4 is 11.8 Å². The number of furan rings is 1. The van der Waals surface area contributed by atoms with Crippen LogP contribution in [0.2, 0.25) is 0 Å². The second-order valence-electron chi connectivity index (χ2n) is 6.44. The molecule has 2 amide bonds. The molecule has 2 rings (SSSR count). The van der Waals surface area contributed by atoms with Gasteiger partial charge in [-0.1, -0.05) is 12.8 Å². The summed E-state index contributed by atoms with van der Waals surface area (Å²) >= 11 is 0. The Balaban J connectivity index is 1.93. The first-order chi connectivity index (χ1) is 11.0. The average Bonchev–Trinajstić information content (AvgIpc) is 3.18. The maximum atomic E-state index is 12.3. The van der Waals surface area contributed by atoms with Crippen LogP contribution in [0.15, 0.2) is 22.8 Å². The van der Waals surface area contributed by atoms with Gasteiger partial charge in [-0.3, -0.25) is 14.5 Å². The van der Waals surface area contributed by atoms with Crippen molar-refractivity contribution in [3.8, 4) is 0 Å². The lowest BCUT2D eigenvalue weighted by atomic mass is 10.2. The minimum atomic E-state index is -0.508. The highest BCUT2D eigenvalue weighted by Crippen LogP contribution is 2.24. The second kappa shape index (κ2) is 8.15. The Kier molecular flexibility index (Phi) is 6.21. The molecule has 0 aliphatic heterocycles. The van der Waals surface area contributed by atoms with Crippen LogP contribution in [0.4, 0.5) is 0 Å². The van der Waals surface area contributed by atoms with Crippen LogP contribution in [0.3, 0.4) is 0 Å². The molecule has 1 atom stereocenters. The van der Waals surface area contributed by atoms with Gasteiger partial charge in [-0.25, -0.2) is 0 Å². The highest BCUT2D eigenvalue weighted by Gasteiger charge is 2.26. The quantitative estimate of drug-likeness (QED) is 0.829. The first-order valence-electron chi connectivity index (χ1n) is 8.24. The van der Waals surface area contributed by atoms with Crippen molar-refractivity contribution in [3.05, 3.63) is 24.2 Å². The zero-order valence-electron chi connectivity index (χ0n) is 14.2. The van der Waals surface area contributed by atoms with Gasteiger partial charge < -0.3 is 14.6 Å². The van der Waals surface area contributed by atoms with E-state index >= 15 is 0 Å². The zero-order valence-corrected chi connectivity index (χ0v) is 14.2. The summed E-state index contributed by atoms with van der Waals surface area (Å²) in [6.07, 6.45) is 6.29. The van der Waals surface area contributed by atoms with E-state index in [4.69, 9.17) is 4.42 Å². The first kappa shape index (κ1) is 17.5. The third-order valence-electron chi connectivity index (χ3n) is 4.32. The summed E-state index contributed by atoms with van der Waals surface area (Å²) in [4.78, 5) is 27.8. The number of likely N-dealkylation sites (N-methyl/N-ethyl adjacent to an activating group) is 1. The van der Waals surface area contributed by atoms with Crippen LogP contribution in [-0.2, 0) is 16.1 Å². The number of carbonyl (C=O) groups is 2.